The van der Waals surface area contributed by atoms with Crippen molar-refractivity contribution >= 4 is 12.0 Å². The van der Waals surface area contributed by atoms with Gasteiger partial charge in [0.1, 0.15) is 12.4 Å². The standard InChI is InChI=1S/C17H20N2O4/c1-2-11-23-15-5-3-13(4-6-15)12-18-17(22)19-9-7-14(8-10-19)16(20)21/h1,3-6,14H,7-12H2,(H,18,22)(H,20,21). The number of nitrogens with zero attached hydrogens (tertiary/aromatic N) is 1. The summed E-state index contributed by atoms with van der Waals surface area (Å²) in [5.74, 6) is 1.97. The summed E-state index contributed by atoms with van der Waals surface area (Å²) >= 11 is 0. The van der Waals surface area contributed by atoms with Crippen LogP contribution in [0.4, 0.5) is 4.79 Å². The second-order valence-corrected chi connectivity index (χ2v) is 5.40. The number of hydrogen-bond acceptors (Lipinski definition) is 3. The largest absolute Gasteiger partial charge is 0.481 e. The van der Waals surface area contributed by atoms with E-state index in [1.807, 2.05) is 12.1 Å². The molecule has 122 valence electrons. The molecule has 1 saturated heterocycles. The number of rotatable bonds is 5. The maximum Gasteiger partial charge on any atom is 0.317 e. The van der Waals surface area contributed by atoms with E-state index in [1.165, 1.54) is 0 Å². The first-order valence-electron chi connectivity index (χ1n) is 7.51. The van der Waals surface area contributed by atoms with Gasteiger partial charge in [0, 0.05) is 19.6 Å². The fourth-order valence-electron chi connectivity index (χ4n) is 2.45. The second-order valence-electron chi connectivity index (χ2n) is 5.40. The third-order valence-corrected chi connectivity index (χ3v) is 3.82. The Balaban J connectivity index is 1.76. The molecule has 0 aliphatic carbocycles. The predicted octanol–water partition coefficient (Wildman–Crippen LogP) is 1.70. The van der Waals surface area contributed by atoms with Crippen LogP contribution >= 0.6 is 0 Å². The molecular weight excluding hydrogens is 296 g/mol. The van der Waals surface area contributed by atoms with Crippen molar-refractivity contribution < 1.29 is 19.4 Å². The lowest BCUT2D eigenvalue weighted by atomic mass is 9.97. The van der Waals surface area contributed by atoms with Gasteiger partial charge in [0.2, 0.25) is 0 Å². The van der Waals surface area contributed by atoms with Crippen molar-refractivity contribution in [1.82, 2.24) is 10.2 Å². The lowest BCUT2D eigenvalue weighted by Gasteiger charge is -2.30. The van der Waals surface area contributed by atoms with Gasteiger partial charge in [-0.3, -0.25) is 4.79 Å². The minimum absolute atomic E-state index is 0.165. The molecule has 0 atom stereocenters. The van der Waals surface area contributed by atoms with Crippen LogP contribution < -0.4 is 10.1 Å². The van der Waals surface area contributed by atoms with Gasteiger partial charge in [-0.25, -0.2) is 4.79 Å². The lowest BCUT2D eigenvalue weighted by Crippen LogP contribution is -2.45. The summed E-state index contributed by atoms with van der Waals surface area (Å²) in [5, 5.41) is 11.8. The summed E-state index contributed by atoms with van der Waals surface area (Å²) in [7, 11) is 0. The molecule has 6 nitrogen and oxygen atoms in total. The molecule has 1 aromatic carbocycles. The SMILES string of the molecule is C#CCOc1ccc(CNC(=O)N2CCC(C(=O)O)CC2)cc1. The number of carboxylic acid groups (broad SMARTS) is 1. The number of ether oxygens (including phenoxy) is 1. The molecule has 1 heterocycles. The smallest absolute Gasteiger partial charge is 0.317 e. The maximum atomic E-state index is 12.1. The minimum Gasteiger partial charge on any atom is -0.481 e. The molecule has 2 rings (SSSR count). The highest BCUT2D eigenvalue weighted by atomic mass is 16.5. The first kappa shape index (κ1) is 16.7. The number of carbonyl (C=O) groups is 2. The normalized spacial score (nSPS) is 14.8. The highest BCUT2D eigenvalue weighted by molar-refractivity contribution is 5.75. The summed E-state index contributed by atoms with van der Waals surface area (Å²) in [6.07, 6.45) is 6.13. The van der Waals surface area contributed by atoms with Crippen LogP contribution in [0.25, 0.3) is 0 Å². The summed E-state index contributed by atoms with van der Waals surface area (Å²) in [6.45, 7) is 1.58. The van der Waals surface area contributed by atoms with E-state index in [0.717, 1.165) is 5.56 Å². The van der Waals surface area contributed by atoms with Gasteiger partial charge < -0.3 is 20.1 Å². The van der Waals surface area contributed by atoms with E-state index in [-0.39, 0.29) is 18.6 Å². The van der Waals surface area contributed by atoms with E-state index in [1.54, 1.807) is 17.0 Å². The molecule has 23 heavy (non-hydrogen) atoms. The molecule has 6 heteroatoms. The second kappa shape index (κ2) is 8.08. The Bertz CT molecular complexity index is 584. The van der Waals surface area contributed by atoms with Crippen molar-refractivity contribution in [3.05, 3.63) is 29.8 Å². The Kier molecular flexibility index (Phi) is 5.87. The highest BCUT2D eigenvalue weighted by Crippen LogP contribution is 2.17. The van der Waals surface area contributed by atoms with Crippen molar-refractivity contribution in [2.24, 2.45) is 5.92 Å². The van der Waals surface area contributed by atoms with Crippen molar-refractivity contribution in [3.63, 3.8) is 0 Å². The number of carboxylic acids is 1. The molecule has 0 saturated carbocycles. The summed E-state index contributed by atoms with van der Waals surface area (Å²) in [5.41, 5.74) is 0.951. The van der Waals surface area contributed by atoms with Gasteiger partial charge in [0.15, 0.2) is 0 Å². The molecule has 0 bridgehead atoms. The van der Waals surface area contributed by atoms with Gasteiger partial charge in [0.05, 0.1) is 5.92 Å². The Hall–Kier alpha value is -2.68. The van der Waals surface area contributed by atoms with Crippen molar-refractivity contribution in [2.45, 2.75) is 19.4 Å². The average Bonchev–Trinajstić information content (AvgIpc) is 2.58. The van der Waals surface area contributed by atoms with Crippen molar-refractivity contribution in [2.75, 3.05) is 19.7 Å². The van der Waals surface area contributed by atoms with Gasteiger partial charge >= 0.3 is 12.0 Å². The van der Waals surface area contributed by atoms with Crippen LogP contribution in [0.5, 0.6) is 5.75 Å². The Morgan fingerprint density at radius 3 is 2.52 bits per heavy atom. The van der Waals surface area contributed by atoms with Crippen LogP contribution in [0.2, 0.25) is 0 Å². The quantitative estimate of drug-likeness (QED) is 0.811. The molecule has 0 unspecified atom stereocenters. The molecule has 2 amide bonds. The number of nitrogens with one attached hydrogen (secondary N) is 1. The van der Waals surface area contributed by atoms with E-state index >= 15 is 0 Å². The number of hydrogen-bond donors (Lipinski definition) is 2. The number of piperidine rings is 1. The zero-order chi connectivity index (χ0) is 16.7. The van der Waals surface area contributed by atoms with Crippen LogP contribution in [0.15, 0.2) is 24.3 Å². The molecular formula is C17H20N2O4. The van der Waals surface area contributed by atoms with Gasteiger partial charge in [-0.05, 0) is 30.5 Å². The molecule has 0 radical (unpaired) electrons. The number of benzene rings is 1. The van der Waals surface area contributed by atoms with Crippen LogP contribution in [0.3, 0.4) is 0 Å². The highest BCUT2D eigenvalue weighted by Gasteiger charge is 2.26. The van der Waals surface area contributed by atoms with Crippen molar-refractivity contribution in [1.29, 1.82) is 0 Å². The fraction of sp³-hybridized carbons (Fsp3) is 0.412. The molecule has 1 aliphatic heterocycles. The first-order valence-corrected chi connectivity index (χ1v) is 7.51. The number of aliphatic carboxylic acids is 1. The van der Waals surface area contributed by atoms with Gasteiger partial charge in [-0.15, -0.1) is 6.42 Å². The molecule has 2 N–H and O–H groups in total. The van der Waals surface area contributed by atoms with Crippen LogP contribution in [-0.4, -0.2) is 41.7 Å². The Morgan fingerprint density at radius 2 is 1.96 bits per heavy atom. The van der Waals surface area contributed by atoms with Gasteiger partial charge in [-0.1, -0.05) is 18.1 Å². The fourth-order valence-corrected chi connectivity index (χ4v) is 2.45. The van der Waals surface area contributed by atoms with E-state index in [0.29, 0.717) is 38.2 Å². The van der Waals surface area contributed by atoms with E-state index in [2.05, 4.69) is 11.2 Å². The number of carbonyl (C=O) groups excluding carboxylic acids is 1. The lowest BCUT2D eigenvalue weighted by molar-refractivity contribution is -0.143. The average molecular weight is 316 g/mol. The maximum absolute atomic E-state index is 12.1. The predicted molar refractivity (Wildman–Crippen MR) is 84.9 cm³/mol. The topological polar surface area (TPSA) is 78.9 Å². The monoisotopic (exact) mass is 316 g/mol. The van der Waals surface area contributed by atoms with Gasteiger partial charge in [-0.2, -0.15) is 0 Å². The van der Waals surface area contributed by atoms with E-state index in [4.69, 9.17) is 16.3 Å². The van der Waals surface area contributed by atoms with Crippen LogP contribution in [0, 0.1) is 18.3 Å². The Labute approximate surface area is 135 Å². The van der Waals surface area contributed by atoms with Crippen LogP contribution in [-0.2, 0) is 11.3 Å². The molecule has 1 aliphatic rings. The molecule has 0 spiro atoms. The third-order valence-electron chi connectivity index (χ3n) is 3.82. The zero-order valence-electron chi connectivity index (χ0n) is 12.8. The number of terminal acetylenes is 1. The molecule has 1 aromatic rings. The van der Waals surface area contributed by atoms with Crippen LogP contribution in [0.1, 0.15) is 18.4 Å². The number of amides is 2. The van der Waals surface area contributed by atoms with Gasteiger partial charge in [0.25, 0.3) is 0 Å². The molecule has 1 fully saturated rings. The summed E-state index contributed by atoms with van der Waals surface area (Å²) < 4.78 is 5.28. The minimum atomic E-state index is -0.780. The van der Waals surface area contributed by atoms with Crippen molar-refractivity contribution in [3.8, 4) is 18.1 Å². The zero-order valence-corrected chi connectivity index (χ0v) is 12.8. The Morgan fingerprint density at radius 1 is 1.30 bits per heavy atom. The molecule has 0 aromatic heterocycles. The third kappa shape index (κ3) is 4.92. The van der Waals surface area contributed by atoms with E-state index < -0.39 is 5.97 Å². The van der Waals surface area contributed by atoms with E-state index in [9.17, 15) is 9.59 Å². The summed E-state index contributed by atoms with van der Waals surface area (Å²) in [4.78, 5) is 24.6. The number of likely N-dealkylation sites (tertiary alicyclic amines) is 1. The number of urea groups is 1. The first-order chi connectivity index (χ1) is 11.1. The summed E-state index contributed by atoms with van der Waals surface area (Å²) in [6, 6.07) is 7.17.